The number of carbonyl (C=O) groups is 1. The standard InChI is InChI=1S/C22H17N3OS2/c26-21(25-22-24-19(15-27-22)17-10-7-13-23-14-17)20(16-8-3-1-4-9-16)28-18-11-5-2-6-12-18/h1-15,20H,(H,24,25,26)/t20-/m1/s1. The van der Waals surface area contributed by atoms with Gasteiger partial charge in [0.1, 0.15) is 5.25 Å². The monoisotopic (exact) mass is 403 g/mol. The van der Waals surface area contributed by atoms with Gasteiger partial charge in [0.05, 0.1) is 5.69 Å². The maximum Gasteiger partial charge on any atom is 0.244 e. The fourth-order valence-corrected chi connectivity index (χ4v) is 4.45. The van der Waals surface area contributed by atoms with Crippen molar-refractivity contribution in [1.29, 1.82) is 0 Å². The molecule has 0 aliphatic carbocycles. The molecule has 2 aromatic heterocycles. The molecule has 0 spiro atoms. The van der Waals surface area contributed by atoms with Crippen LogP contribution >= 0.6 is 23.1 Å². The quantitative estimate of drug-likeness (QED) is 0.421. The van der Waals surface area contributed by atoms with Crippen LogP contribution in [0.5, 0.6) is 0 Å². The van der Waals surface area contributed by atoms with Gasteiger partial charge in [0, 0.05) is 28.2 Å². The maximum atomic E-state index is 13.1. The molecule has 0 saturated carbocycles. The molecule has 6 heteroatoms. The Balaban J connectivity index is 1.55. The molecule has 28 heavy (non-hydrogen) atoms. The van der Waals surface area contributed by atoms with E-state index in [1.165, 1.54) is 23.1 Å². The van der Waals surface area contributed by atoms with E-state index >= 15 is 0 Å². The zero-order valence-electron chi connectivity index (χ0n) is 14.9. The van der Waals surface area contributed by atoms with Gasteiger partial charge in [-0.15, -0.1) is 23.1 Å². The number of hydrogen-bond acceptors (Lipinski definition) is 5. The summed E-state index contributed by atoms with van der Waals surface area (Å²) >= 11 is 2.94. The van der Waals surface area contributed by atoms with Crippen LogP contribution in [0.2, 0.25) is 0 Å². The average molecular weight is 404 g/mol. The normalized spacial score (nSPS) is 11.7. The van der Waals surface area contributed by atoms with Crippen molar-refractivity contribution in [1.82, 2.24) is 9.97 Å². The number of nitrogens with one attached hydrogen (secondary N) is 1. The molecule has 2 aromatic carbocycles. The fourth-order valence-electron chi connectivity index (χ4n) is 2.68. The zero-order valence-corrected chi connectivity index (χ0v) is 16.5. The fraction of sp³-hybridized carbons (Fsp3) is 0.0455. The van der Waals surface area contributed by atoms with E-state index in [2.05, 4.69) is 15.3 Å². The molecule has 0 unspecified atom stereocenters. The molecule has 0 bridgehead atoms. The number of thiazole rings is 1. The van der Waals surface area contributed by atoms with Crippen LogP contribution in [0.25, 0.3) is 11.3 Å². The molecule has 2 heterocycles. The summed E-state index contributed by atoms with van der Waals surface area (Å²) in [6, 6.07) is 23.6. The number of amides is 1. The van der Waals surface area contributed by atoms with E-state index < -0.39 is 0 Å². The predicted octanol–water partition coefficient (Wildman–Crippen LogP) is 5.68. The second kappa shape index (κ2) is 8.82. The van der Waals surface area contributed by atoms with Gasteiger partial charge in [-0.2, -0.15) is 0 Å². The van der Waals surface area contributed by atoms with E-state index in [0.29, 0.717) is 5.13 Å². The highest BCUT2D eigenvalue weighted by molar-refractivity contribution is 8.00. The first-order chi connectivity index (χ1) is 13.8. The number of nitrogens with zero attached hydrogens (tertiary/aromatic N) is 2. The van der Waals surface area contributed by atoms with E-state index in [0.717, 1.165) is 21.7 Å². The molecule has 1 atom stereocenters. The summed E-state index contributed by atoms with van der Waals surface area (Å²) in [5, 5.41) is 5.12. The Labute approximate surface area is 171 Å². The number of pyridine rings is 1. The van der Waals surface area contributed by atoms with Crippen LogP contribution in [0.15, 0.2) is 95.5 Å². The first-order valence-corrected chi connectivity index (χ1v) is 10.5. The highest BCUT2D eigenvalue weighted by atomic mass is 32.2. The molecule has 0 aliphatic rings. The number of benzene rings is 2. The van der Waals surface area contributed by atoms with Crippen LogP contribution in [0, 0.1) is 0 Å². The van der Waals surface area contributed by atoms with Gasteiger partial charge in [0.25, 0.3) is 0 Å². The molecule has 0 aliphatic heterocycles. The second-order valence-corrected chi connectivity index (χ2v) is 8.03. The van der Waals surface area contributed by atoms with Crippen LogP contribution in [-0.2, 0) is 4.79 Å². The minimum absolute atomic E-state index is 0.0906. The van der Waals surface area contributed by atoms with Crippen molar-refractivity contribution in [3.05, 3.63) is 96.1 Å². The van der Waals surface area contributed by atoms with Crippen molar-refractivity contribution in [2.45, 2.75) is 10.1 Å². The maximum absolute atomic E-state index is 13.1. The Morgan fingerprint density at radius 1 is 0.964 bits per heavy atom. The molecule has 0 radical (unpaired) electrons. The van der Waals surface area contributed by atoms with Crippen LogP contribution < -0.4 is 5.32 Å². The largest absolute Gasteiger partial charge is 0.301 e. The van der Waals surface area contributed by atoms with Crippen molar-refractivity contribution >= 4 is 34.1 Å². The molecule has 0 saturated heterocycles. The van der Waals surface area contributed by atoms with E-state index in [-0.39, 0.29) is 11.2 Å². The number of aromatic nitrogens is 2. The molecule has 138 valence electrons. The zero-order chi connectivity index (χ0) is 19.2. The lowest BCUT2D eigenvalue weighted by Crippen LogP contribution is -2.18. The number of thioether (sulfide) groups is 1. The van der Waals surface area contributed by atoms with Crippen LogP contribution in [0.4, 0.5) is 5.13 Å². The van der Waals surface area contributed by atoms with Gasteiger partial charge < -0.3 is 5.32 Å². The topological polar surface area (TPSA) is 54.9 Å². The summed E-state index contributed by atoms with van der Waals surface area (Å²) in [6.45, 7) is 0. The summed E-state index contributed by atoms with van der Waals surface area (Å²) in [6.07, 6.45) is 3.49. The number of carbonyl (C=O) groups excluding carboxylic acids is 1. The lowest BCUT2D eigenvalue weighted by molar-refractivity contribution is -0.115. The predicted molar refractivity (Wildman–Crippen MR) is 115 cm³/mol. The van der Waals surface area contributed by atoms with Gasteiger partial charge in [-0.3, -0.25) is 9.78 Å². The summed E-state index contributed by atoms with van der Waals surface area (Å²) < 4.78 is 0. The SMILES string of the molecule is O=C(Nc1nc(-c2cccnc2)cs1)[C@H](Sc1ccccc1)c1ccccc1. The van der Waals surface area contributed by atoms with Gasteiger partial charge in [-0.1, -0.05) is 48.5 Å². The summed E-state index contributed by atoms with van der Waals surface area (Å²) in [5.74, 6) is -0.0906. The third kappa shape index (κ3) is 4.47. The van der Waals surface area contributed by atoms with Crippen molar-refractivity contribution in [3.8, 4) is 11.3 Å². The second-order valence-electron chi connectivity index (χ2n) is 5.99. The lowest BCUT2D eigenvalue weighted by Gasteiger charge is -2.16. The first-order valence-electron chi connectivity index (χ1n) is 8.73. The van der Waals surface area contributed by atoms with E-state index in [1.54, 1.807) is 12.4 Å². The highest BCUT2D eigenvalue weighted by Crippen LogP contribution is 2.36. The van der Waals surface area contributed by atoms with Gasteiger partial charge in [0.15, 0.2) is 5.13 Å². The Morgan fingerprint density at radius 3 is 2.43 bits per heavy atom. The number of hydrogen-bond donors (Lipinski definition) is 1. The van der Waals surface area contributed by atoms with Gasteiger partial charge >= 0.3 is 0 Å². The highest BCUT2D eigenvalue weighted by Gasteiger charge is 2.23. The minimum Gasteiger partial charge on any atom is -0.301 e. The Bertz CT molecular complexity index is 1040. The van der Waals surface area contributed by atoms with Crippen LogP contribution in [0.3, 0.4) is 0 Å². The molecule has 4 rings (SSSR count). The third-order valence-corrected chi connectivity index (χ3v) is 6.05. The molecular formula is C22H17N3OS2. The first kappa shape index (κ1) is 18.4. The molecule has 1 N–H and O–H groups in total. The third-order valence-electron chi connectivity index (χ3n) is 4.03. The number of anilines is 1. The molecule has 1 amide bonds. The Hall–Kier alpha value is -2.96. The number of rotatable bonds is 6. The van der Waals surface area contributed by atoms with Crippen LogP contribution in [-0.4, -0.2) is 15.9 Å². The molecule has 0 fully saturated rings. The van der Waals surface area contributed by atoms with Crippen molar-refractivity contribution in [2.75, 3.05) is 5.32 Å². The van der Waals surface area contributed by atoms with Crippen molar-refractivity contribution in [3.63, 3.8) is 0 Å². The molecule has 4 aromatic rings. The summed E-state index contributed by atoms with van der Waals surface area (Å²) in [4.78, 5) is 22.8. The lowest BCUT2D eigenvalue weighted by atomic mass is 10.1. The van der Waals surface area contributed by atoms with Gasteiger partial charge in [0.2, 0.25) is 5.91 Å². The molecular weight excluding hydrogens is 386 g/mol. The summed E-state index contributed by atoms with van der Waals surface area (Å²) in [5.41, 5.74) is 2.69. The van der Waals surface area contributed by atoms with E-state index in [1.807, 2.05) is 78.2 Å². The van der Waals surface area contributed by atoms with Gasteiger partial charge in [-0.25, -0.2) is 4.98 Å². The Kier molecular flexibility index (Phi) is 5.80. The van der Waals surface area contributed by atoms with Gasteiger partial charge in [-0.05, 0) is 29.8 Å². The van der Waals surface area contributed by atoms with E-state index in [9.17, 15) is 4.79 Å². The van der Waals surface area contributed by atoms with Crippen LogP contribution in [0.1, 0.15) is 10.8 Å². The van der Waals surface area contributed by atoms with E-state index in [4.69, 9.17) is 0 Å². The average Bonchev–Trinajstić information content (AvgIpc) is 3.22. The van der Waals surface area contributed by atoms with Crippen molar-refractivity contribution < 1.29 is 4.79 Å². The summed E-state index contributed by atoms with van der Waals surface area (Å²) in [7, 11) is 0. The minimum atomic E-state index is -0.366. The Morgan fingerprint density at radius 2 is 1.71 bits per heavy atom. The van der Waals surface area contributed by atoms with Crippen molar-refractivity contribution in [2.24, 2.45) is 0 Å². The smallest absolute Gasteiger partial charge is 0.244 e. The molecule has 4 nitrogen and oxygen atoms in total.